The highest BCUT2D eigenvalue weighted by Gasteiger charge is 2.37. The largest absolute Gasteiger partial charge is 0.306 e. The second-order valence-electron chi connectivity index (χ2n) is 25.2. The van der Waals surface area contributed by atoms with Crippen LogP contribution >= 0.6 is 11.3 Å². The highest BCUT2D eigenvalue weighted by atomic mass is 32.1. The van der Waals surface area contributed by atoms with Gasteiger partial charge in [-0.15, -0.1) is 11.3 Å². The number of hydrogen-bond acceptors (Lipinski definition) is 2. The van der Waals surface area contributed by atoms with Crippen molar-refractivity contribution in [3.05, 3.63) is 339 Å². The van der Waals surface area contributed by atoms with E-state index in [-0.39, 0.29) is 0 Å². The molecule has 5 aromatic heterocycles. The molecule has 0 atom stereocenters. The molecule has 20 aromatic rings. The summed E-state index contributed by atoms with van der Waals surface area (Å²) in [6.45, 7) is 0. The average molecular weight is 1250 g/mol. The second kappa shape index (κ2) is 21.6. The van der Waals surface area contributed by atoms with Gasteiger partial charge >= 0.3 is 0 Å². The van der Waals surface area contributed by atoms with Crippen molar-refractivity contribution in [3.8, 4) is 84.5 Å². The molecule has 450 valence electrons. The monoisotopic (exact) mass is 1250 g/mol. The molecule has 0 unspecified atom stereocenters. The Kier molecular flexibility index (Phi) is 12.2. The third-order valence-electron chi connectivity index (χ3n) is 20.2. The smallest absolute Gasteiger partial charge is 0.104 e. The summed E-state index contributed by atoms with van der Waals surface area (Å²) in [6, 6.07) is 125. The van der Waals surface area contributed by atoms with Crippen molar-refractivity contribution in [2.45, 2.75) is 0 Å². The van der Waals surface area contributed by atoms with Gasteiger partial charge in [0.15, 0.2) is 0 Å². The van der Waals surface area contributed by atoms with Gasteiger partial charge < -0.3 is 18.3 Å². The summed E-state index contributed by atoms with van der Waals surface area (Å²) < 4.78 is 12.4. The maximum Gasteiger partial charge on any atom is 0.104 e. The zero-order valence-electron chi connectivity index (χ0n) is 52.4. The Bertz CT molecular complexity index is 6340. The third kappa shape index (κ3) is 7.98. The Balaban J connectivity index is 1.12. The number of fused-ring (bicyclic) bond motifs is 15. The molecule has 0 bridgehead atoms. The Morgan fingerprint density at radius 3 is 0.845 bits per heavy atom. The fraction of sp³-hybridized carbons (Fsp3) is 0. The molecule has 15 aromatic carbocycles. The number of thiophene rings is 1. The fourth-order valence-corrected chi connectivity index (χ4v) is 17.6. The van der Waals surface area contributed by atoms with E-state index in [9.17, 15) is 5.26 Å². The first kappa shape index (κ1) is 54.7. The van der Waals surface area contributed by atoms with Gasteiger partial charge in [0.25, 0.3) is 0 Å². The zero-order chi connectivity index (χ0) is 63.8. The Hall–Kier alpha value is -12.8. The van der Waals surface area contributed by atoms with Crippen molar-refractivity contribution in [3.63, 3.8) is 0 Å². The van der Waals surface area contributed by atoms with Gasteiger partial charge in [0.05, 0.1) is 66.9 Å². The maximum atomic E-state index is 13.7. The Morgan fingerprint density at radius 1 is 0.227 bits per heavy atom. The van der Waals surface area contributed by atoms with Crippen molar-refractivity contribution >= 4 is 119 Å². The minimum absolute atomic E-state index is 0.507. The summed E-state index contributed by atoms with van der Waals surface area (Å²) >= 11 is 1.84. The number of nitrogens with zero attached hydrogens (tertiary/aromatic N) is 5. The molecule has 0 aliphatic rings. The van der Waals surface area contributed by atoms with E-state index in [2.05, 4.69) is 358 Å². The van der Waals surface area contributed by atoms with Crippen LogP contribution in [0.1, 0.15) is 5.56 Å². The summed E-state index contributed by atoms with van der Waals surface area (Å²) in [5.74, 6) is 0. The summed E-state index contributed by atoms with van der Waals surface area (Å²) in [7, 11) is 0. The van der Waals surface area contributed by atoms with Crippen LogP contribution in [0.15, 0.2) is 334 Å². The minimum Gasteiger partial charge on any atom is -0.306 e. The van der Waals surface area contributed by atoms with Crippen LogP contribution < -0.4 is 0 Å². The topological polar surface area (TPSA) is 43.5 Å². The van der Waals surface area contributed by atoms with E-state index >= 15 is 0 Å². The summed E-state index contributed by atoms with van der Waals surface area (Å²) in [4.78, 5) is 0. The van der Waals surface area contributed by atoms with Crippen LogP contribution in [-0.4, -0.2) is 18.3 Å². The van der Waals surface area contributed by atoms with Crippen LogP contribution in [0.2, 0.25) is 0 Å². The molecule has 0 aliphatic heterocycles. The first-order valence-electron chi connectivity index (χ1n) is 33.1. The lowest BCUT2D eigenvalue weighted by atomic mass is 9.92. The van der Waals surface area contributed by atoms with Gasteiger partial charge in [-0.1, -0.05) is 279 Å². The quantitative estimate of drug-likeness (QED) is 0.142. The summed E-state index contributed by atoms with van der Waals surface area (Å²) in [5.41, 5.74) is 22.7. The van der Waals surface area contributed by atoms with Gasteiger partial charge in [0, 0.05) is 74.4 Å². The molecule has 0 amide bonds. The molecule has 0 saturated carbocycles. The van der Waals surface area contributed by atoms with E-state index < -0.39 is 0 Å². The van der Waals surface area contributed by atoms with Gasteiger partial charge in [0.2, 0.25) is 0 Å². The number of nitriles is 1. The molecular weight excluding hydrogens is 1200 g/mol. The van der Waals surface area contributed by atoms with Gasteiger partial charge in [-0.25, -0.2) is 0 Å². The highest BCUT2D eigenvalue weighted by Crippen LogP contribution is 2.56. The Morgan fingerprint density at radius 2 is 0.495 bits per heavy atom. The van der Waals surface area contributed by atoms with Crippen molar-refractivity contribution in [2.24, 2.45) is 0 Å². The van der Waals surface area contributed by atoms with Crippen molar-refractivity contribution in [1.29, 1.82) is 5.26 Å². The van der Waals surface area contributed by atoms with Crippen molar-refractivity contribution in [1.82, 2.24) is 18.3 Å². The number of aromatic nitrogens is 4. The van der Waals surface area contributed by atoms with Crippen molar-refractivity contribution < 1.29 is 0 Å². The number of hydrogen-bond donors (Lipinski definition) is 0. The summed E-state index contributed by atoms with van der Waals surface area (Å²) in [5, 5.41) is 24.9. The molecule has 0 fully saturated rings. The van der Waals surface area contributed by atoms with E-state index in [4.69, 9.17) is 0 Å². The minimum atomic E-state index is 0.507. The predicted molar refractivity (Wildman–Crippen MR) is 409 cm³/mol. The van der Waals surface area contributed by atoms with Crippen LogP contribution in [0.4, 0.5) is 0 Å². The first-order valence-corrected chi connectivity index (χ1v) is 33.9. The van der Waals surface area contributed by atoms with E-state index in [1.807, 2.05) is 11.3 Å². The van der Waals surface area contributed by atoms with Crippen LogP contribution in [0.3, 0.4) is 0 Å². The van der Waals surface area contributed by atoms with Gasteiger partial charge in [-0.3, -0.25) is 0 Å². The maximum absolute atomic E-state index is 13.7. The molecule has 0 N–H and O–H groups in total. The van der Waals surface area contributed by atoms with E-state index in [0.29, 0.717) is 5.56 Å². The molecular formula is C91H55N5S. The molecule has 0 aliphatic carbocycles. The number of rotatable bonds is 9. The fourth-order valence-electron chi connectivity index (χ4n) is 16.3. The summed E-state index contributed by atoms with van der Waals surface area (Å²) in [6.07, 6.45) is 0. The van der Waals surface area contributed by atoms with Crippen molar-refractivity contribution in [2.75, 3.05) is 0 Å². The Labute approximate surface area is 562 Å². The molecule has 5 nitrogen and oxygen atoms in total. The lowest BCUT2D eigenvalue weighted by molar-refractivity contribution is 1.04. The second-order valence-corrected chi connectivity index (χ2v) is 26.3. The standard InChI is InChI=1S/C91H55N5S/c92-56-72-87(93-73-47-18-13-37-67(73)82-61(41-24-51-77(82)93)57-28-5-1-6-29-57)89(95-75-49-20-15-39-69(75)84-63(43-26-53-79(84)95)59-32-9-3-10-33-59)86(71-46-23-45-66-65-36-17-22-55-81(65)97-91(66)71)90(96-76-50-21-16-40-70(76)85-64(44-27-54-80(85)96)60-34-11-4-12-35-60)88(72)94-74-48-19-14-38-68(74)83-62(42-25-52-78(83)94)58-30-7-2-8-31-58/h1-55H. The first-order chi connectivity index (χ1) is 48.2. The van der Waals surface area contributed by atoms with E-state index in [1.54, 1.807) is 0 Å². The van der Waals surface area contributed by atoms with Crippen LogP contribution in [0.25, 0.3) is 186 Å². The van der Waals surface area contributed by atoms with E-state index in [0.717, 1.165) is 170 Å². The van der Waals surface area contributed by atoms with Crippen LogP contribution in [0, 0.1) is 11.3 Å². The zero-order valence-corrected chi connectivity index (χ0v) is 53.2. The molecule has 5 heterocycles. The molecule has 97 heavy (non-hydrogen) atoms. The van der Waals surface area contributed by atoms with Gasteiger partial charge in [0.1, 0.15) is 11.6 Å². The van der Waals surface area contributed by atoms with E-state index in [1.165, 1.54) is 15.5 Å². The van der Waals surface area contributed by atoms with Crippen LogP contribution in [-0.2, 0) is 0 Å². The SMILES string of the molecule is N#Cc1c(-n2c3ccccc3c3c(-c4ccccc4)cccc32)c(-n2c3ccccc3c3c(-c4ccccc4)cccc32)c(-c2cccc3c2sc2ccccc23)c(-n2c3ccccc3c3c(-c4ccccc4)cccc32)c1-n1c2ccccc2c2c(-c3ccccc3)cccc21. The lowest BCUT2D eigenvalue weighted by Gasteiger charge is -2.29. The van der Waals surface area contributed by atoms with Gasteiger partial charge in [-0.05, 0) is 99.1 Å². The highest BCUT2D eigenvalue weighted by molar-refractivity contribution is 7.26. The van der Waals surface area contributed by atoms with Crippen LogP contribution in [0.5, 0.6) is 0 Å². The lowest BCUT2D eigenvalue weighted by Crippen LogP contribution is -2.16. The predicted octanol–water partition coefficient (Wildman–Crippen LogP) is 24.6. The average Bonchev–Trinajstić information content (AvgIpc) is 1.58. The third-order valence-corrected chi connectivity index (χ3v) is 21.4. The number of benzene rings is 15. The molecule has 0 spiro atoms. The molecule has 0 radical (unpaired) electrons. The molecule has 0 saturated heterocycles. The normalized spacial score (nSPS) is 11.9. The number of para-hydroxylation sites is 4. The van der Waals surface area contributed by atoms with Gasteiger partial charge in [-0.2, -0.15) is 5.26 Å². The molecule has 6 heteroatoms. The molecule has 20 rings (SSSR count).